The molecule has 1 aromatic heterocycles. The number of hydrazine groups is 1. The summed E-state index contributed by atoms with van der Waals surface area (Å²) < 4.78 is 7.15. The molecular weight excluding hydrogens is 252 g/mol. The first-order valence-electron chi connectivity index (χ1n) is 6.73. The van der Waals surface area contributed by atoms with E-state index >= 15 is 0 Å². The molecule has 0 saturated carbocycles. The van der Waals surface area contributed by atoms with Crippen molar-refractivity contribution in [3.63, 3.8) is 0 Å². The van der Waals surface area contributed by atoms with Crippen LogP contribution >= 0.6 is 0 Å². The number of nitrogens with zero attached hydrogens (tertiary/aromatic N) is 2. The fourth-order valence-corrected chi connectivity index (χ4v) is 2.46. The summed E-state index contributed by atoms with van der Waals surface area (Å²) in [5.74, 6) is 6.47. The maximum atomic E-state index is 5.70. The standard InChI is InChI=1S/C15H22N4O/c1-11-5-4-6-12(9-11)7-8-13(18-16)15-14(20-3)10-17-19(15)2/h4-6,9-10,13,18H,7-8,16H2,1-3H3. The van der Waals surface area contributed by atoms with Crippen LogP contribution in [0.15, 0.2) is 30.5 Å². The highest BCUT2D eigenvalue weighted by Crippen LogP contribution is 2.27. The molecule has 1 heterocycles. The molecule has 2 aromatic rings. The second-order valence-electron chi connectivity index (χ2n) is 4.97. The first-order chi connectivity index (χ1) is 9.65. The molecule has 0 spiro atoms. The first kappa shape index (κ1) is 14.6. The van der Waals surface area contributed by atoms with Crippen LogP contribution in [-0.2, 0) is 13.5 Å². The van der Waals surface area contributed by atoms with E-state index in [0.717, 1.165) is 24.3 Å². The number of nitrogens with two attached hydrogens (primary N) is 1. The van der Waals surface area contributed by atoms with Crippen molar-refractivity contribution in [1.29, 1.82) is 0 Å². The van der Waals surface area contributed by atoms with Crippen molar-refractivity contribution in [1.82, 2.24) is 15.2 Å². The van der Waals surface area contributed by atoms with Gasteiger partial charge in [-0.05, 0) is 25.3 Å². The molecule has 0 aliphatic heterocycles. The van der Waals surface area contributed by atoms with Crippen molar-refractivity contribution in [2.24, 2.45) is 12.9 Å². The third kappa shape index (κ3) is 3.18. The third-order valence-corrected chi connectivity index (χ3v) is 3.50. The monoisotopic (exact) mass is 274 g/mol. The van der Waals surface area contributed by atoms with Crippen LogP contribution in [0.4, 0.5) is 0 Å². The van der Waals surface area contributed by atoms with Crippen molar-refractivity contribution in [2.75, 3.05) is 7.11 Å². The van der Waals surface area contributed by atoms with E-state index < -0.39 is 0 Å². The van der Waals surface area contributed by atoms with E-state index in [4.69, 9.17) is 10.6 Å². The Hall–Kier alpha value is -1.85. The normalized spacial score (nSPS) is 12.4. The fraction of sp³-hybridized carbons (Fsp3) is 0.400. The molecule has 2 rings (SSSR count). The molecule has 0 aliphatic carbocycles. The SMILES string of the molecule is COc1cnn(C)c1C(CCc1cccc(C)c1)NN. The Bertz CT molecular complexity index is 565. The van der Waals surface area contributed by atoms with Gasteiger partial charge in [0.2, 0.25) is 0 Å². The summed E-state index contributed by atoms with van der Waals surface area (Å²) in [4.78, 5) is 0. The molecular formula is C15H22N4O. The van der Waals surface area contributed by atoms with Crippen LogP contribution in [0.1, 0.15) is 29.3 Å². The van der Waals surface area contributed by atoms with Gasteiger partial charge in [0.1, 0.15) is 0 Å². The molecule has 1 aromatic carbocycles. The number of benzene rings is 1. The van der Waals surface area contributed by atoms with E-state index in [9.17, 15) is 0 Å². The minimum absolute atomic E-state index is 0.0120. The van der Waals surface area contributed by atoms with Crippen LogP contribution in [0.3, 0.4) is 0 Å². The highest BCUT2D eigenvalue weighted by Gasteiger charge is 2.19. The Morgan fingerprint density at radius 2 is 2.25 bits per heavy atom. The topological polar surface area (TPSA) is 65.1 Å². The van der Waals surface area contributed by atoms with Crippen LogP contribution < -0.4 is 16.0 Å². The number of methoxy groups -OCH3 is 1. The summed E-state index contributed by atoms with van der Waals surface area (Å²) in [6.45, 7) is 2.10. The number of nitrogens with one attached hydrogen (secondary N) is 1. The highest BCUT2D eigenvalue weighted by atomic mass is 16.5. The van der Waals surface area contributed by atoms with Crippen molar-refractivity contribution >= 4 is 0 Å². The van der Waals surface area contributed by atoms with E-state index in [1.54, 1.807) is 18.0 Å². The van der Waals surface area contributed by atoms with Gasteiger partial charge >= 0.3 is 0 Å². The van der Waals surface area contributed by atoms with Gasteiger partial charge in [-0.3, -0.25) is 16.0 Å². The van der Waals surface area contributed by atoms with Crippen LogP contribution in [0.25, 0.3) is 0 Å². The zero-order chi connectivity index (χ0) is 14.5. The maximum Gasteiger partial charge on any atom is 0.161 e. The lowest BCUT2D eigenvalue weighted by Gasteiger charge is -2.17. The van der Waals surface area contributed by atoms with E-state index in [0.29, 0.717) is 0 Å². The van der Waals surface area contributed by atoms with Crippen molar-refractivity contribution in [2.45, 2.75) is 25.8 Å². The molecule has 0 bridgehead atoms. The number of ether oxygens (including phenoxy) is 1. The average Bonchev–Trinajstić information content (AvgIpc) is 2.81. The molecule has 0 aliphatic rings. The van der Waals surface area contributed by atoms with Gasteiger partial charge in [0.05, 0.1) is 25.0 Å². The molecule has 0 radical (unpaired) electrons. The van der Waals surface area contributed by atoms with E-state index in [-0.39, 0.29) is 6.04 Å². The predicted molar refractivity (Wildman–Crippen MR) is 79.3 cm³/mol. The molecule has 0 amide bonds. The van der Waals surface area contributed by atoms with E-state index in [1.807, 2.05) is 7.05 Å². The smallest absolute Gasteiger partial charge is 0.161 e. The van der Waals surface area contributed by atoms with Gasteiger partial charge in [-0.15, -0.1) is 0 Å². The number of aromatic nitrogens is 2. The van der Waals surface area contributed by atoms with Crippen LogP contribution in [0.5, 0.6) is 5.75 Å². The predicted octanol–water partition coefficient (Wildman–Crippen LogP) is 1.87. The van der Waals surface area contributed by atoms with Crippen LogP contribution in [0.2, 0.25) is 0 Å². The lowest BCUT2D eigenvalue weighted by molar-refractivity contribution is 0.389. The van der Waals surface area contributed by atoms with Crippen molar-refractivity contribution < 1.29 is 4.74 Å². The number of hydrogen-bond acceptors (Lipinski definition) is 4. The molecule has 5 nitrogen and oxygen atoms in total. The molecule has 1 atom stereocenters. The second kappa shape index (κ2) is 6.54. The highest BCUT2D eigenvalue weighted by molar-refractivity contribution is 5.29. The fourth-order valence-electron chi connectivity index (χ4n) is 2.46. The number of rotatable bonds is 6. The Kier molecular flexibility index (Phi) is 4.76. The molecule has 1 unspecified atom stereocenters. The number of aryl methyl sites for hydroxylation is 3. The summed E-state index contributed by atoms with van der Waals surface area (Å²) in [6.07, 6.45) is 3.55. The lowest BCUT2D eigenvalue weighted by atomic mass is 10.0. The van der Waals surface area contributed by atoms with Crippen molar-refractivity contribution in [3.05, 3.63) is 47.3 Å². The Morgan fingerprint density at radius 1 is 1.45 bits per heavy atom. The number of hydrogen-bond donors (Lipinski definition) is 2. The molecule has 3 N–H and O–H groups in total. The molecule has 5 heteroatoms. The zero-order valence-electron chi connectivity index (χ0n) is 12.3. The Labute approximate surface area is 119 Å². The molecule has 0 saturated heterocycles. The summed E-state index contributed by atoms with van der Waals surface area (Å²) in [7, 11) is 3.55. The Balaban J connectivity index is 2.11. The molecule has 20 heavy (non-hydrogen) atoms. The van der Waals surface area contributed by atoms with Crippen LogP contribution in [0, 0.1) is 6.92 Å². The second-order valence-corrected chi connectivity index (χ2v) is 4.97. The van der Waals surface area contributed by atoms with Gasteiger partial charge in [-0.25, -0.2) is 0 Å². The first-order valence-corrected chi connectivity index (χ1v) is 6.73. The average molecular weight is 274 g/mol. The van der Waals surface area contributed by atoms with E-state index in [1.165, 1.54) is 11.1 Å². The van der Waals surface area contributed by atoms with Crippen LogP contribution in [-0.4, -0.2) is 16.9 Å². The van der Waals surface area contributed by atoms with Gasteiger partial charge in [0.25, 0.3) is 0 Å². The van der Waals surface area contributed by atoms with E-state index in [2.05, 4.69) is 41.7 Å². The van der Waals surface area contributed by atoms with Gasteiger partial charge < -0.3 is 4.74 Å². The summed E-state index contributed by atoms with van der Waals surface area (Å²) >= 11 is 0. The largest absolute Gasteiger partial charge is 0.493 e. The molecule has 108 valence electrons. The quantitative estimate of drug-likeness (QED) is 0.623. The van der Waals surface area contributed by atoms with Gasteiger partial charge in [0.15, 0.2) is 5.75 Å². The van der Waals surface area contributed by atoms with Gasteiger partial charge in [-0.2, -0.15) is 5.10 Å². The summed E-state index contributed by atoms with van der Waals surface area (Å²) in [6, 6.07) is 8.54. The summed E-state index contributed by atoms with van der Waals surface area (Å²) in [5, 5.41) is 4.22. The Morgan fingerprint density at radius 3 is 2.90 bits per heavy atom. The summed E-state index contributed by atoms with van der Waals surface area (Å²) in [5.41, 5.74) is 6.43. The molecule has 0 fully saturated rings. The van der Waals surface area contributed by atoms with Gasteiger partial charge in [0, 0.05) is 7.05 Å². The van der Waals surface area contributed by atoms with Gasteiger partial charge in [-0.1, -0.05) is 29.8 Å². The van der Waals surface area contributed by atoms with Crippen molar-refractivity contribution in [3.8, 4) is 5.75 Å². The minimum Gasteiger partial charge on any atom is -0.493 e. The maximum absolute atomic E-state index is 5.70. The zero-order valence-corrected chi connectivity index (χ0v) is 12.3. The minimum atomic E-state index is 0.0120. The third-order valence-electron chi connectivity index (χ3n) is 3.50. The lowest BCUT2D eigenvalue weighted by Crippen LogP contribution is -2.30.